The molecule has 1 aliphatic rings. The summed E-state index contributed by atoms with van der Waals surface area (Å²) in [5.41, 5.74) is 0. The highest BCUT2D eigenvalue weighted by Gasteiger charge is 2.40. The first-order chi connectivity index (χ1) is 8.92. The SMILES string of the molecule is CCOC(=O)NS(=O)(=O)N1CCCC1C(=O)OCC. The molecule has 110 valence electrons. The van der Waals surface area contributed by atoms with Crippen molar-refractivity contribution in [2.24, 2.45) is 0 Å². The zero-order valence-corrected chi connectivity index (χ0v) is 11.7. The standard InChI is InChI=1S/C10H18N2O6S/c1-3-17-9(13)8-6-5-7-12(8)19(15,16)11-10(14)18-4-2/h8H,3-7H2,1-2H3,(H,11,14). The Labute approximate surface area is 112 Å². The molecule has 0 radical (unpaired) electrons. The lowest BCUT2D eigenvalue weighted by Crippen LogP contribution is -2.48. The zero-order valence-electron chi connectivity index (χ0n) is 10.9. The Balaban J connectivity index is 2.76. The molecule has 0 spiro atoms. The minimum Gasteiger partial charge on any atom is -0.465 e. The van der Waals surface area contributed by atoms with Gasteiger partial charge in [0.15, 0.2) is 0 Å². The molecule has 9 heteroatoms. The normalized spacial score (nSPS) is 20.0. The molecule has 0 aromatic carbocycles. The van der Waals surface area contributed by atoms with Crippen molar-refractivity contribution in [1.29, 1.82) is 0 Å². The van der Waals surface area contributed by atoms with Crippen molar-refractivity contribution in [3.63, 3.8) is 0 Å². The number of esters is 1. The van der Waals surface area contributed by atoms with Gasteiger partial charge in [0, 0.05) is 6.54 Å². The third kappa shape index (κ3) is 4.06. The lowest BCUT2D eigenvalue weighted by atomic mass is 10.2. The number of hydrogen-bond acceptors (Lipinski definition) is 6. The topological polar surface area (TPSA) is 102 Å². The lowest BCUT2D eigenvalue weighted by Gasteiger charge is -2.22. The highest BCUT2D eigenvalue weighted by atomic mass is 32.2. The van der Waals surface area contributed by atoms with Gasteiger partial charge in [0.05, 0.1) is 13.2 Å². The van der Waals surface area contributed by atoms with E-state index >= 15 is 0 Å². The Bertz CT molecular complexity index is 435. The smallest absolute Gasteiger partial charge is 0.421 e. The fourth-order valence-corrected chi connectivity index (χ4v) is 3.11. The Morgan fingerprint density at radius 3 is 2.47 bits per heavy atom. The molecule has 0 saturated carbocycles. The summed E-state index contributed by atoms with van der Waals surface area (Å²) in [4.78, 5) is 22.8. The summed E-state index contributed by atoms with van der Waals surface area (Å²) in [5, 5.41) is 0. The summed E-state index contributed by atoms with van der Waals surface area (Å²) in [6.45, 7) is 3.60. The van der Waals surface area contributed by atoms with Crippen LogP contribution in [-0.4, -0.2) is 50.6 Å². The Morgan fingerprint density at radius 1 is 1.26 bits per heavy atom. The molecule has 1 heterocycles. The lowest BCUT2D eigenvalue weighted by molar-refractivity contribution is -0.146. The number of nitrogens with one attached hydrogen (secondary N) is 1. The first-order valence-electron chi connectivity index (χ1n) is 6.05. The van der Waals surface area contributed by atoms with E-state index in [0.29, 0.717) is 12.8 Å². The summed E-state index contributed by atoms with van der Waals surface area (Å²) >= 11 is 0. The quantitative estimate of drug-likeness (QED) is 0.716. The second-order valence-corrected chi connectivity index (χ2v) is 5.47. The van der Waals surface area contributed by atoms with E-state index in [1.165, 1.54) is 0 Å². The first kappa shape index (κ1) is 15.7. The molecule has 1 rings (SSSR count). The van der Waals surface area contributed by atoms with E-state index in [0.717, 1.165) is 4.31 Å². The zero-order chi connectivity index (χ0) is 14.5. The van der Waals surface area contributed by atoms with Gasteiger partial charge in [0.1, 0.15) is 6.04 Å². The molecule has 1 fully saturated rings. The van der Waals surface area contributed by atoms with E-state index < -0.39 is 28.3 Å². The number of ether oxygens (including phenoxy) is 2. The number of nitrogens with zero attached hydrogens (tertiary/aromatic N) is 1. The molecule has 19 heavy (non-hydrogen) atoms. The maximum atomic E-state index is 11.9. The van der Waals surface area contributed by atoms with Crippen molar-refractivity contribution in [3.8, 4) is 0 Å². The number of hydrogen-bond donors (Lipinski definition) is 1. The van der Waals surface area contributed by atoms with Crippen LogP contribution < -0.4 is 4.72 Å². The van der Waals surface area contributed by atoms with Crippen molar-refractivity contribution in [3.05, 3.63) is 0 Å². The summed E-state index contributed by atoms with van der Waals surface area (Å²) in [6.07, 6.45) is -0.146. The van der Waals surface area contributed by atoms with Crippen LogP contribution in [0.15, 0.2) is 0 Å². The van der Waals surface area contributed by atoms with Crippen molar-refractivity contribution in [1.82, 2.24) is 9.03 Å². The average Bonchev–Trinajstić information content (AvgIpc) is 2.78. The van der Waals surface area contributed by atoms with Crippen LogP contribution in [0, 0.1) is 0 Å². The van der Waals surface area contributed by atoms with Gasteiger partial charge < -0.3 is 9.47 Å². The summed E-state index contributed by atoms with van der Waals surface area (Å²) in [5.74, 6) is -0.603. The van der Waals surface area contributed by atoms with Crippen LogP contribution in [0.5, 0.6) is 0 Å². The maximum Gasteiger partial charge on any atom is 0.421 e. The van der Waals surface area contributed by atoms with Gasteiger partial charge in [-0.3, -0.25) is 4.79 Å². The number of amides is 1. The van der Waals surface area contributed by atoms with Crippen LogP contribution in [0.3, 0.4) is 0 Å². The van der Waals surface area contributed by atoms with Gasteiger partial charge >= 0.3 is 22.3 Å². The van der Waals surface area contributed by atoms with E-state index in [4.69, 9.17) is 4.74 Å². The molecule has 1 saturated heterocycles. The Hall–Kier alpha value is -1.35. The molecule has 0 aromatic heterocycles. The molecule has 1 aliphatic heterocycles. The molecular formula is C10H18N2O6S. The molecule has 0 bridgehead atoms. The van der Waals surface area contributed by atoms with E-state index in [9.17, 15) is 18.0 Å². The molecule has 0 aliphatic carbocycles. The minimum atomic E-state index is -4.09. The van der Waals surface area contributed by atoms with Crippen molar-refractivity contribution >= 4 is 22.3 Å². The van der Waals surface area contributed by atoms with Crippen LogP contribution in [0.2, 0.25) is 0 Å². The fourth-order valence-electron chi connectivity index (χ4n) is 1.83. The van der Waals surface area contributed by atoms with Crippen molar-refractivity contribution in [2.75, 3.05) is 19.8 Å². The molecule has 1 unspecified atom stereocenters. The van der Waals surface area contributed by atoms with Gasteiger partial charge in [0.25, 0.3) is 0 Å². The van der Waals surface area contributed by atoms with E-state index in [2.05, 4.69) is 4.74 Å². The van der Waals surface area contributed by atoms with Gasteiger partial charge in [-0.25, -0.2) is 9.52 Å². The van der Waals surface area contributed by atoms with Gasteiger partial charge in [-0.2, -0.15) is 12.7 Å². The second kappa shape index (κ2) is 6.71. The van der Waals surface area contributed by atoms with Gasteiger partial charge in [0.2, 0.25) is 0 Å². The van der Waals surface area contributed by atoms with Crippen molar-refractivity contribution < 1.29 is 27.5 Å². The first-order valence-corrected chi connectivity index (χ1v) is 7.49. The molecule has 8 nitrogen and oxygen atoms in total. The van der Waals surface area contributed by atoms with E-state index in [1.807, 2.05) is 0 Å². The van der Waals surface area contributed by atoms with Crippen LogP contribution in [0.25, 0.3) is 0 Å². The largest absolute Gasteiger partial charge is 0.465 e. The summed E-state index contributed by atoms with van der Waals surface area (Å²) < 4.78 is 35.9. The van der Waals surface area contributed by atoms with Gasteiger partial charge in [-0.05, 0) is 26.7 Å². The van der Waals surface area contributed by atoms with Crippen LogP contribution >= 0.6 is 0 Å². The minimum absolute atomic E-state index is 0.0582. The number of rotatable bonds is 5. The van der Waals surface area contributed by atoms with E-state index in [-0.39, 0.29) is 19.8 Å². The molecule has 1 N–H and O–H groups in total. The molecular weight excluding hydrogens is 276 g/mol. The Morgan fingerprint density at radius 2 is 1.89 bits per heavy atom. The van der Waals surface area contributed by atoms with Gasteiger partial charge in [-0.15, -0.1) is 0 Å². The Kier molecular flexibility index (Phi) is 5.55. The predicted molar refractivity (Wildman–Crippen MR) is 65.4 cm³/mol. The third-order valence-corrected chi connectivity index (χ3v) is 4.04. The van der Waals surface area contributed by atoms with Crippen LogP contribution in [0.4, 0.5) is 4.79 Å². The number of carbonyl (C=O) groups is 2. The number of carbonyl (C=O) groups excluding carboxylic acids is 2. The van der Waals surface area contributed by atoms with Crippen LogP contribution in [0.1, 0.15) is 26.7 Å². The molecule has 0 aromatic rings. The van der Waals surface area contributed by atoms with Crippen molar-refractivity contribution in [2.45, 2.75) is 32.7 Å². The third-order valence-electron chi connectivity index (χ3n) is 2.56. The predicted octanol–water partition coefficient (Wildman–Crippen LogP) is 0.00480. The molecule has 1 amide bonds. The van der Waals surface area contributed by atoms with E-state index in [1.54, 1.807) is 18.6 Å². The highest BCUT2D eigenvalue weighted by molar-refractivity contribution is 7.87. The monoisotopic (exact) mass is 294 g/mol. The summed E-state index contributed by atoms with van der Waals surface area (Å²) in [6, 6.07) is -0.883. The molecule has 1 atom stereocenters. The fraction of sp³-hybridized carbons (Fsp3) is 0.800. The van der Waals surface area contributed by atoms with Gasteiger partial charge in [-0.1, -0.05) is 0 Å². The average molecular weight is 294 g/mol. The summed E-state index contributed by atoms with van der Waals surface area (Å²) in [7, 11) is -4.09. The van der Waals surface area contributed by atoms with Crippen LogP contribution in [-0.2, 0) is 24.5 Å². The maximum absolute atomic E-state index is 11.9. The highest BCUT2D eigenvalue weighted by Crippen LogP contribution is 2.21. The second-order valence-electron chi connectivity index (χ2n) is 3.85.